The van der Waals surface area contributed by atoms with Crippen molar-refractivity contribution in [1.29, 1.82) is 0 Å². The van der Waals surface area contributed by atoms with Crippen molar-refractivity contribution < 1.29 is 14.3 Å². The van der Waals surface area contributed by atoms with Gasteiger partial charge in [-0.3, -0.25) is 14.5 Å². The Balaban J connectivity index is 1.80. The van der Waals surface area contributed by atoms with E-state index in [1.165, 1.54) is 0 Å². The van der Waals surface area contributed by atoms with E-state index in [2.05, 4.69) is 10.2 Å². The number of hydrogen-bond donors (Lipinski definition) is 1. The molecular weight excluding hydrogens is 306 g/mol. The number of carbonyl (C=O) groups excluding carboxylic acids is 2. The molecule has 6 heteroatoms. The van der Waals surface area contributed by atoms with E-state index < -0.39 is 0 Å². The third-order valence-electron chi connectivity index (χ3n) is 4.11. The predicted octanol–water partition coefficient (Wildman–Crippen LogP) is 1.12. The van der Waals surface area contributed by atoms with Crippen molar-refractivity contribution >= 4 is 11.8 Å². The zero-order valence-electron chi connectivity index (χ0n) is 14.6. The zero-order valence-corrected chi connectivity index (χ0v) is 14.6. The van der Waals surface area contributed by atoms with Gasteiger partial charge in [-0.1, -0.05) is 19.1 Å². The van der Waals surface area contributed by atoms with Crippen LogP contribution in [0.15, 0.2) is 24.3 Å². The number of benzene rings is 1. The summed E-state index contributed by atoms with van der Waals surface area (Å²) in [5, 5.41) is 2.88. The van der Waals surface area contributed by atoms with Gasteiger partial charge >= 0.3 is 0 Å². The second-order valence-corrected chi connectivity index (χ2v) is 6.05. The molecule has 2 rings (SSSR count). The van der Waals surface area contributed by atoms with Crippen molar-refractivity contribution in [3.8, 4) is 0 Å². The molecule has 0 radical (unpaired) electrons. The molecule has 1 aromatic carbocycles. The van der Waals surface area contributed by atoms with Gasteiger partial charge in [0.1, 0.15) is 0 Å². The van der Waals surface area contributed by atoms with E-state index in [9.17, 15) is 9.59 Å². The van der Waals surface area contributed by atoms with Crippen molar-refractivity contribution in [2.45, 2.75) is 20.0 Å². The predicted molar refractivity (Wildman–Crippen MR) is 92.8 cm³/mol. The summed E-state index contributed by atoms with van der Waals surface area (Å²) in [6, 6.07) is 7.54. The molecule has 0 spiro atoms. The van der Waals surface area contributed by atoms with Crippen LogP contribution in [-0.2, 0) is 16.1 Å². The number of amides is 2. The summed E-state index contributed by atoms with van der Waals surface area (Å²) in [6.45, 7) is 6.48. The molecule has 1 fully saturated rings. The minimum atomic E-state index is 0.0500. The highest BCUT2D eigenvalue weighted by Gasteiger charge is 2.23. The van der Waals surface area contributed by atoms with Gasteiger partial charge in [0.25, 0.3) is 5.91 Å². The van der Waals surface area contributed by atoms with Crippen LogP contribution in [0.3, 0.4) is 0 Å². The van der Waals surface area contributed by atoms with E-state index in [0.29, 0.717) is 31.8 Å². The van der Waals surface area contributed by atoms with Gasteiger partial charge in [-0.25, -0.2) is 0 Å². The lowest BCUT2D eigenvalue weighted by atomic mass is 10.1. The van der Waals surface area contributed by atoms with Gasteiger partial charge in [-0.2, -0.15) is 0 Å². The zero-order chi connectivity index (χ0) is 17.4. The summed E-state index contributed by atoms with van der Waals surface area (Å²) in [7, 11) is 1.65. The largest absolute Gasteiger partial charge is 0.380 e. The molecule has 1 aromatic rings. The minimum absolute atomic E-state index is 0.0500. The fraction of sp³-hybridized carbons (Fsp3) is 0.556. The second kappa shape index (κ2) is 9.39. The van der Waals surface area contributed by atoms with Crippen LogP contribution in [0.4, 0.5) is 0 Å². The number of methoxy groups -OCH3 is 1. The van der Waals surface area contributed by atoms with Crippen LogP contribution in [0.5, 0.6) is 0 Å². The Bertz CT molecular complexity index is 537. The van der Waals surface area contributed by atoms with Crippen LogP contribution in [0.2, 0.25) is 0 Å². The maximum atomic E-state index is 12.5. The fourth-order valence-corrected chi connectivity index (χ4v) is 2.73. The number of nitrogens with one attached hydrogen (secondary N) is 1. The Morgan fingerprint density at radius 1 is 1.12 bits per heavy atom. The standard InChI is InChI=1S/C18H27N3O3/c1-3-8-19-17(22)13-20-9-11-21(12-10-20)18(23)16-6-4-15(5-7-16)14-24-2/h4-7H,3,8-14H2,1-2H3,(H,19,22). The molecular formula is C18H27N3O3. The van der Waals surface area contributed by atoms with Crippen LogP contribution in [0, 0.1) is 0 Å². The lowest BCUT2D eigenvalue weighted by molar-refractivity contribution is -0.122. The van der Waals surface area contributed by atoms with Crippen molar-refractivity contribution in [2.24, 2.45) is 0 Å². The molecule has 6 nitrogen and oxygen atoms in total. The van der Waals surface area contributed by atoms with E-state index in [4.69, 9.17) is 4.74 Å². The summed E-state index contributed by atoms with van der Waals surface area (Å²) in [4.78, 5) is 28.2. The molecule has 24 heavy (non-hydrogen) atoms. The van der Waals surface area contributed by atoms with Crippen molar-refractivity contribution in [1.82, 2.24) is 15.1 Å². The maximum absolute atomic E-state index is 12.5. The molecule has 0 saturated carbocycles. The van der Waals surface area contributed by atoms with E-state index in [1.807, 2.05) is 36.1 Å². The molecule has 1 saturated heterocycles. The summed E-state index contributed by atoms with van der Waals surface area (Å²) < 4.78 is 5.08. The molecule has 0 unspecified atom stereocenters. The smallest absolute Gasteiger partial charge is 0.253 e. The first kappa shape index (κ1) is 18.4. The van der Waals surface area contributed by atoms with Gasteiger partial charge in [-0.15, -0.1) is 0 Å². The third-order valence-corrected chi connectivity index (χ3v) is 4.11. The molecule has 1 aliphatic heterocycles. The van der Waals surface area contributed by atoms with Crippen molar-refractivity contribution in [3.05, 3.63) is 35.4 Å². The Morgan fingerprint density at radius 3 is 2.38 bits per heavy atom. The van der Waals surface area contributed by atoms with Gasteiger partial charge in [-0.05, 0) is 24.1 Å². The Morgan fingerprint density at radius 2 is 1.79 bits per heavy atom. The van der Waals surface area contributed by atoms with E-state index in [0.717, 1.165) is 31.6 Å². The first-order valence-corrected chi connectivity index (χ1v) is 8.50. The number of rotatable bonds is 7. The van der Waals surface area contributed by atoms with Gasteiger partial charge in [0, 0.05) is 45.4 Å². The first-order chi connectivity index (χ1) is 11.6. The Hall–Kier alpha value is -1.92. The lowest BCUT2D eigenvalue weighted by Gasteiger charge is -2.34. The van der Waals surface area contributed by atoms with Crippen LogP contribution in [-0.4, -0.2) is 68.0 Å². The molecule has 0 aliphatic carbocycles. The number of hydrogen-bond acceptors (Lipinski definition) is 4. The third kappa shape index (κ3) is 5.32. The minimum Gasteiger partial charge on any atom is -0.380 e. The highest BCUT2D eigenvalue weighted by Crippen LogP contribution is 2.11. The van der Waals surface area contributed by atoms with E-state index in [-0.39, 0.29) is 11.8 Å². The number of carbonyl (C=O) groups is 2. The number of piperazine rings is 1. The fourth-order valence-electron chi connectivity index (χ4n) is 2.73. The molecule has 0 bridgehead atoms. The molecule has 0 atom stereocenters. The van der Waals surface area contributed by atoms with Gasteiger partial charge in [0.2, 0.25) is 5.91 Å². The first-order valence-electron chi connectivity index (χ1n) is 8.50. The normalized spacial score (nSPS) is 15.3. The molecule has 0 aromatic heterocycles. The van der Waals surface area contributed by atoms with Crippen LogP contribution in [0.1, 0.15) is 29.3 Å². The summed E-state index contributed by atoms with van der Waals surface area (Å²) in [6.07, 6.45) is 0.942. The van der Waals surface area contributed by atoms with Gasteiger partial charge in [0.05, 0.1) is 13.2 Å². The molecule has 132 valence electrons. The van der Waals surface area contributed by atoms with E-state index >= 15 is 0 Å². The Kier molecular flexibility index (Phi) is 7.21. The average Bonchev–Trinajstić information content (AvgIpc) is 2.61. The molecule has 1 heterocycles. The average molecular weight is 333 g/mol. The van der Waals surface area contributed by atoms with Crippen molar-refractivity contribution in [2.75, 3.05) is 46.4 Å². The highest BCUT2D eigenvalue weighted by molar-refractivity contribution is 5.94. The van der Waals surface area contributed by atoms with Gasteiger partial charge in [0.15, 0.2) is 0 Å². The molecule has 1 aliphatic rings. The van der Waals surface area contributed by atoms with Crippen LogP contribution >= 0.6 is 0 Å². The maximum Gasteiger partial charge on any atom is 0.253 e. The van der Waals surface area contributed by atoms with E-state index in [1.54, 1.807) is 7.11 Å². The molecule has 1 N–H and O–H groups in total. The molecule has 2 amide bonds. The number of nitrogens with zero attached hydrogens (tertiary/aromatic N) is 2. The summed E-state index contributed by atoms with van der Waals surface area (Å²) in [5.41, 5.74) is 1.75. The number of ether oxygens (including phenoxy) is 1. The topological polar surface area (TPSA) is 61.9 Å². The van der Waals surface area contributed by atoms with Crippen LogP contribution < -0.4 is 5.32 Å². The second-order valence-electron chi connectivity index (χ2n) is 6.05. The lowest BCUT2D eigenvalue weighted by Crippen LogP contribution is -2.51. The SMILES string of the molecule is CCCNC(=O)CN1CCN(C(=O)c2ccc(COC)cc2)CC1. The quantitative estimate of drug-likeness (QED) is 0.812. The summed E-state index contributed by atoms with van der Waals surface area (Å²) in [5.74, 6) is 0.111. The van der Waals surface area contributed by atoms with Crippen LogP contribution in [0.25, 0.3) is 0 Å². The van der Waals surface area contributed by atoms with Crippen molar-refractivity contribution in [3.63, 3.8) is 0 Å². The Labute approximate surface area is 143 Å². The summed E-state index contributed by atoms with van der Waals surface area (Å²) >= 11 is 0. The highest BCUT2D eigenvalue weighted by atomic mass is 16.5. The van der Waals surface area contributed by atoms with Gasteiger partial charge < -0.3 is 15.0 Å². The monoisotopic (exact) mass is 333 g/mol.